The molecule has 0 bridgehead atoms. The zero-order valence-corrected chi connectivity index (χ0v) is 10.5. The number of rotatable bonds is 3. The van der Waals surface area contributed by atoms with E-state index in [1.54, 1.807) is 0 Å². The highest BCUT2D eigenvalue weighted by Gasteiger charge is 2.22. The zero-order valence-electron chi connectivity index (χ0n) is 10.5. The Morgan fingerprint density at radius 1 is 1.17 bits per heavy atom. The lowest BCUT2D eigenvalue weighted by Gasteiger charge is -2.09. The molecule has 1 fully saturated rings. The number of nitrogens with two attached hydrogens (primary N) is 1. The third kappa shape index (κ3) is 2.13. The molecule has 1 aliphatic carbocycles. The van der Waals surface area contributed by atoms with Crippen LogP contribution in [0.4, 0.5) is 5.82 Å². The molecule has 94 valence electrons. The van der Waals surface area contributed by atoms with E-state index in [-0.39, 0.29) is 0 Å². The largest absolute Gasteiger partial charge is 0.384 e. The second-order valence-corrected chi connectivity index (χ2v) is 5.11. The Morgan fingerprint density at radius 3 is 2.61 bits per heavy atom. The van der Waals surface area contributed by atoms with Crippen molar-refractivity contribution < 1.29 is 0 Å². The number of benzene rings is 1. The topological polar surface area (TPSA) is 43.8 Å². The van der Waals surface area contributed by atoms with E-state index in [1.165, 1.54) is 31.2 Å². The van der Waals surface area contributed by atoms with Gasteiger partial charge in [0.2, 0.25) is 0 Å². The summed E-state index contributed by atoms with van der Waals surface area (Å²) in [6.45, 7) is 0.812. The Kier molecular flexibility index (Phi) is 3.05. The predicted molar refractivity (Wildman–Crippen MR) is 73.4 cm³/mol. The van der Waals surface area contributed by atoms with E-state index >= 15 is 0 Å². The first-order valence-electron chi connectivity index (χ1n) is 6.69. The van der Waals surface area contributed by atoms with E-state index < -0.39 is 0 Å². The summed E-state index contributed by atoms with van der Waals surface area (Å²) in [6, 6.07) is 10.4. The fourth-order valence-corrected chi connectivity index (χ4v) is 2.83. The molecule has 1 saturated carbocycles. The third-order valence-corrected chi connectivity index (χ3v) is 3.85. The number of hydrogen-bond acceptors (Lipinski definition) is 2. The van der Waals surface area contributed by atoms with E-state index in [9.17, 15) is 0 Å². The minimum Gasteiger partial charge on any atom is -0.384 e. The maximum atomic E-state index is 6.23. The van der Waals surface area contributed by atoms with Crippen LogP contribution in [0.5, 0.6) is 0 Å². The molecule has 3 rings (SSSR count). The van der Waals surface area contributed by atoms with Crippen LogP contribution < -0.4 is 5.73 Å². The monoisotopic (exact) mass is 241 g/mol. The summed E-state index contributed by atoms with van der Waals surface area (Å²) in [5.74, 6) is 1.44. The Bertz CT molecular complexity index is 510. The molecule has 0 spiro atoms. The van der Waals surface area contributed by atoms with E-state index in [4.69, 9.17) is 5.73 Å². The smallest absolute Gasteiger partial charge is 0.127 e. The van der Waals surface area contributed by atoms with Gasteiger partial charge in [0, 0.05) is 5.92 Å². The van der Waals surface area contributed by atoms with Crippen LogP contribution in [0.1, 0.15) is 42.9 Å². The minimum atomic E-state index is 0.585. The zero-order chi connectivity index (χ0) is 12.4. The SMILES string of the molecule is Nc1c(C2CCCC2)ncn1Cc1ccccc1. The number of hydrogen-bond donors (Lipinski definition) is 1. The van der Waals surface area contributed by atoms with Gasteiger partial charge in [-0.3, -0.25) is 0 Å². The first kappa shape index (κ1) is 11.3. The average Bonchev–Trinajstić information content (AvgIpc) is 3.02. The Balaban J connectivity index is 1.81. The van der Waals surface area contributed by atoms with Crippen LogP contribution in [0.3, 0.4) is 0 Å². The molecule has 1 aromatic carbocycles. The van der Waals surface area contributed by atoms with Crippen LogP contribution in [0.15, 0.2) is 36.7 Å². The molecule has 3 heteroatoms. The Labute approximate surface area is 108 Å². The summed E-state index contributed by atoms with van der Waals surface area (Å²) < 4.78 is 2.06. The number of imidazole rings is 1. The first-order chi connectivity index (χ1) is 8.84. The van der Waals surface area contributed by atoms with Gasteiger partial charge in [-0.1, -0.05) is 43.2 Å². The molecule has 0 unspecified atom stereocenters. The normalized spacial score (nSPS) is 16.2. The van der Waals surface area contributed by atoms with Crippen LogP contribution >= 0.6 is 0 Å². The lowest BCUT2D eigenvalue weighted by Crippen LogP contribution is -2.05. The molecular weight excluding hydrogens is 222 g/mol. The molecule has 0 atom stereocenters. The van der Waals surface area contributed by atoms with Crippen molar-refractivity contribution in [2.75, 3.05) is 5.73 Å². The summed E-state index contributed by atoms with van der Waals surface area (Å²) in [5.41, 5.74) is 8.61. The highest BCUT2D eigenvalue weighted by molar-refractivity contribution is 5.39. The molecule has 1 aliphatic rings. The van der Waals surface area contributed by atoms with Gasteiger partial charge in [0.15, 0.2) is 0 Å². The van der Waals surface area contributed by atoms with Crippen LogP contribution in [-0.4, -0.2) is 9.55 Å². The lowest BCUT2D eigenvalue weighted by atomic mass is 10.0. The molecule has 18 heavy (non-hydrogen) atoms. The van der Waals surface area contributed by atoms with Crippen LogP contribution in [0, 0.1) is 0 Å². The Morgan fingerprint density at radius 2 is 1.89 bits per heavy atom. The van der Waals surface area contributed by atoms with Gasteiger partial charge in [-0.2, -0.15) is 0 Å². The maximum Gasteiger partial charge on any atom is 0.127 e. The van der Waals surface area contributed by atoms with Crippen molar-refractivity contribution in [3.8, 4) is 0 Å². The Hall–Kier alpha value is -1.77. The maximum absolute atomic E-state index is 6.23. The number of nitrogens with zero attached hydrogens (tertiary/aromatic N) is 2. The standard InChI is InChI=1S/C15H19N3/c16-15-14(13-8-4-5-9-13)17-11-18(15)10-12-6-2-1-3-7-12/h1-3,6-7,11,13H,4-5,8-10,16H2. The van der Waals surface area contributed by atoms with Gasteiger partial charge in [-0.05, 0) is 18.4 Å². The number of anilines is 1. The van der Waals surface area contributed by atoms with Crippen molar-refractivity contribution in [1.82, 2.24) is 9.55 Å². The highest BCUT2D eigenvalue weighted by Crippen LogP contribution is 2.35. The summed E-state index contributed by atoms with van der Waals surface area (Å²) in [7, 11) is 0. The minimum absolute atomic E-state index is 0.585. The van der Waals surface area contributed by atoms with Gasteiger partial charge in [-0.25, -0.2) is 4.98 Å². The molecule has 0 radical (unpaired) electrons. The van der Waals surface area contributed by atoms with Crippen molar-refractivity contribution in [1.29, 1.82) is 0 Å². The fourth-order valence-electron chi connectivity index (χ4n) is 2.83. The van der Waals surface area contributed by atoms with Crippen molar-refractivity contribution in [2.24, 2.45) is 0 Å². The molecule has 2 N–H and O–H groups in total. The quantitative estimate of drug-likeness (QED) is 0.897. The van der Waals surface area contributed by atoms with E-state index in [1.807, 2.05) is 12.4 Å². The summed E-state index contributed by atoms with van der Waals surface area (Å²) >= 11 is 0. The van der Waals surface area contributed by atoms with E-state index in [0.717, 1.165) is 18.1 Å². The van der Waals surface area contributed by atoms with Gasteiger partial charge in [0.1, 0.15) is 5.82 Å². The predicted octanol–water partition coefficient (Wildman–Crippen LogP) is 3.17. The summed E-state index contributed by atoms with van der Waals surface area (Å²) in [5, 5.41) is 0. The molecule has 1 heterocycles. The van der Waals surface area contributed by atoms with Crippen molar-refractivity contribution >= 4 is 5.82 Å². The average molecular weight is 241 g/mol. The van der Waals surface area contributed by atoms with Crippen LogP contribution in [0.25, 0.3) is 0 Å². The molecule has 0 aliphatic heterocycles. The fraction of sp³-hybridized carbons (Fsp3) is 0.400. The molecule has 1 aromatic heterocycles. The highest BCUT2D eigenvalue weighted by atomic mass is 15.1. The van der Waals surface area contributed by atoms with Crippen molar-refractivity contribution in [2.45, 2.75) is 38.1 Å². The first-order valence-corrected chi connectivity index (χ1v) is 6.69. The van der Waals surface area contributed by atoms with Gasteiger partial charge >= 0.3 is 0 Å². The van der Waals surface area contributed by atoms with Gasteiger partial charge < -0.3 is 10.3 Å². The third-order valence-electron chi connectivity index (χ3n) is 3.85. The second-order valence-electron chi connectivity index (χ2n) is 5.11. The number of nitrogen functional groups attached to an aromatic ring is 1. The van der Waals surface area contributed by atoms with Crippen LogP contribution in [-0.2, 0) is 6.54 Å². The molecule has 0 amide bonds. The van der Waals surface area contributed by atoms with Gasteiger partial charge in [0.05, 0.1) is 18.6 Å². The van der Waals surface area contributed by atoms with E-state index in [2.05, 4.69) is 33.8 Å². The van der Waals surface area contributed by atoms with E-state index in [0.29, 0.717) is 5.92 Å². The molecular formula is C15H19N3. The lowest BCUT2D eigenvalue weighted by molar-refractivity contribution is 0.703. The van der Waals surface area contributed by atoms with Gasteiger partial charge in [0.25, 0.3) is 0 Å². The summed E-state index contributed by atoms with van der Waals surface area (Å²) in [4.78, 5) is 4.53. The molecule has 3 nitrogen and oxygen atoms in total. The molecule has 2 aromatic rings. The second kappa shape index (κ2) is 4.84. The summed E-state index contributed by atoms with van der Waals surface area (Å²) in [6.07, 6.45) is 7.00. The van der Waals surface area contributed by atoms with Crippen molar-refractivity contribution in [3.05, 3.63) is 47.9 Å². The van der Waals surface area contributed by atoms with Crippen LogP contribution in [0.2, 0.25) is 0 Å². The molecule has 0 saturated heterocycles. The van der Waals surface area contributed by atoms with Gasteiger partial charge in [-0.15, -0.1) is 0 Å². The van der Waals surface area contributed by atoms with Crippen molar-refractivity contribution in [3.63, 3.8) is 0 Å². The number of aromatic nitrogens is 2.